The van der Waals surface area contributed by atoms with Crippen molar-refractivity contribution in [3.63, 3.8) is 0 Å². The van der Waals surface area contributed by atoms with Gasteiger partial charge in [-0.2, -0.15) is 0 Å². The van der Waals surface area contributed by atoms with E-state index in [-0.39, 0.29) is 5.91 Å². The van der Waals surface area contributed by atoms with Crippen LogP contribution >= 0.6 is 15.9 Å². The van der Waals surface area contributed by atoms with Crippen LogP contribution in [0.15, 0.2) is 18.3 Å². The van der Waals surface area contributed by atoms with E-state index in [4.69, 9.17) is 0 Å². The molecule has 1 saturated carbocycles. The van der Waals surface area contributed by atoms with Gasteiger partial charge in [-0.3, -0.25) is 9.78 Å². The van der Waals surface area contributed by atoms with Crippen molar-refractivity contribution in [1.29, 1.82) is 0 Å². The SMILES string of the molecule is Cc1cccnc1C(=O)NCC1CCC(Br)C1. The van der Waals surface area contributed by atoms with Gasteiger partial charge in [0, 0.05) is 17.6 Å². The molecule has 0 aliphatic heterocycles. The summed E-state index contributed by atoms with van der Waals surface area (Å²) in [4.78, 5) is 16.7. The molecule has 1 N–H and O–H groups in total. The van der Waals surface area contributed by atoms with E-state index >= 15 is 0 Å². The first-order chi connectivity index (χ1) is 8.16. The summed E-state index contributed by atoms with van der Waals surface area (Å²) in [6, 6.07) is 3.75. The predicted molar refractivity (Wildman–Crippen MR) is 71.4 cm³/mol. The number of carbonyl (C=O) groups is 1. The summed E-state index contributed by atoms with van der Waals surface area (Å²) in [5.41, 5.74) is 1.47. The van der Waals surface area contributed by atoms with Crippen LogP contribution in [-0.4, -0.2) is 22.3 Å². The Bertz CT molecular complexity index is 408. The molecular weight excluding hydrogens is 280 g/mol. The number of nitrogens with zero attached hydrogens (tertiary/aromatic N) is 1. The molecule has 0 radical (unpaired) electrons. The van der Waals surface area contributed by atoms with E-state index in [2.05, 4.69) is 26.2 Å². The number of alkyl halides is 1. The molecule has 1 heterocycles. The molecule has 17 heavy (non-hydrogen) atoms. The predicted octanol–water partition coefficient (Wildman–Crippen LogP) is 2.68. The lowest BCUT2D eigenvalue weighted by Gasteiger charge is -2.11. The normalized spacial score (nSPS) is 23.6. The standard InChI is InChI=1S/C13H17BrN2O/c1-9-3-2-6-15-12(9)13(17)16-8-10-4-5-11(14)7-10/h2-3,6,10-11H,4-5,7-8H2,1H3,(H,16,17). The lowest BCUT2D eigenvalue weighted by molar-refractivity contribution is 0.0942. The molecule has 0 bridgehead atoms. The molecule has 0 saturated heterocycles. The Balaban J connectivity index is 1.88. The van der Waals surface area contributed by atoms with Gasteiger partial charge in [-0.15, -0.1) is 0 Å². The number of hydrogen-bond donors (Lipinski definition) is 1. The first kappa shape index (κ1) is 12.6. The summed E-state index contributed by atoms with van der Waals surface area (Å²) in [5.74, 6) is 0.550. The average Bonchev–Trinajstić information content (AvgIpc) is 2.73. The second kappa shape index (κ2) is 5.63. The van der Waals surface area contributed by atoms with Gasteiger partial charge in [0.05, 0.1) is 0 Å². The summed E-state index contributed by atoms with van der Waals surface area (Å²) in [7, 11) is 0. The zero-order valence-corrected chi connectivity index (χ0v) is 11.5. The van der Waals surface area contributed by atoms with Gasteiger partial charge in [0.25, 0.3) is 5.91 Å². The third kappa shape index (κ3) is 3.28. The maximum Gasteiger partial charge on any atom is 0.270 e. The molecule has 3 nitrogen and oxygen atoms in total. The quantitative estimate of drug-likeness (QED) is 0.872. The molecule has 0 spiro atoms. The van der Waals surface area contributed by atoms with Gasteiger partial charge in [0.15, 0.2) is 0 Å². The van der Waals surface area contributed by atoms with Crippen molar-refractivity contribution < 1.29 is 4.79 Å². The number of aromatic nitrogens is 1. The zero-order valence-electron chi connectivity index (χ0n) is 9.95. The van der Waals surface area contributed by atoms with E-state index in [0.717, 1.165) is 18.5 Å². The molecule has 1 aromatic rings. The number of aryl methyl sites for hydroxylation is 1. The lowest BCUT2D eigenvalue weighted by atomic mass is 10.1. The molecule has 4 heteroatoms. The van der Waals surface area contributed by atoms with Gasteiger partial charge in [0.1, 0.15) is 5.69 Å². The fraction of sp³-hybridized carbons (Fsp3) is 0.538. The van der Waals surface area contributed by atoms with Crippen molar-refractivity contribution in [1.82, 2.24) is 10.3 Å². The highest BCUT2D eigenvalue weighted by Gasteiger charge is 2.23. The monoisotopic (exact) mass is 296 g/mol. The number of halogens is 1. The maximum absolute atomic E-state index is 11.9. The fourth-order valence-corrected chi connectivity index (χ4v) is 3.04. The number of nitrogens with one attached hydrogen (secondary N) is 1. The number of carbonyl (C=O) groups excluding carboxylic acids is 1. The summed E-state index contributed by atoms with van der Waals surface area (Å²) in [5, 5.41) is 2.98. The molecule has 1 aliphatic rings. The second-order valence-electron chi connectivity index (χ2n) is 4.66. The first-order valence-electron chi connectivity index (χ1n) is 6.00. The molecular formula is C13H17BrN2O. The third-order valence-corrected chi connectivity index (χ3v) is 4.08. The van der Waals surface area contributed by atoms with Crippen LogP contribution in [0.1, 0.15) is 35.3 Å². The van der Waals surface area contributed by atoms with Crippen molar-refractivity contribution in [3.8, 4) is 0 Å². The van der Waals surface area contributed by atoms with E-state index in [0.29, 0.717) is 16.4 Å². The Morgan fingerprint density at radius 1 is 1.59 bits per heavy atom. The number of rotatable bonds is 3. The van der Waals surface area contributed by atoms with Gasteiger partial charge in [-0.25, -0.2) is 0 Å². The van der Waals surface area contributed by atoms with Crippen molar-refractivity contribution in [2.45, 2.75) is 31.0 Å². The van der Waals surface area contributed by atoms with E-state index in [1.54, 1.807) is 6.20 Å². The summed E-state index contributed by atoms with van der Waals surface area (Å²) in [6.45, 7) is 2.67. The molecule has 92 valence electrons. The van der Waals surface area contributed by atoms with Gasteiger partial charge in [-0.05, 0) is 43.7 Å². The fourth-order valence-electron chi connectivity index (χ4n) is 2.24. The largest absolute Gasteiger partial charge is 0.350 e. The summed E-state index contributed by atoms with van der Waals surface area (Å²) < 4.78 is 0. The van der Waals surface area contributed by atoms with Gasteiger partial charge >= 0.3 is 0 Å². The van der Waals surface area contributed by atoms with Crippen LogP contribution < -0.4 is 5.32 Å². The lowest BCUT2D eigenvalue weighted by Crippen LogP contribution is -2.29. The third-order valence-electron chi connectivity index (χ3n) is 3.25. The van der Waals surface area contributed by atoms with Crippen LogP contribution in [-0.2, 0) is 0 Å². The molecule has 1 aromatic heterocycles. The molecule has 1 amide bonds. The van der Waals surface area contributed by atoms with E-state index in [1.807, 2.05) is 19.1 Å². The summed E-state index contributed by atoms with van der Waals surface area (Å²) in [6.07, 6.45) is 5.22. The van der Waals surface area contributed by atoms with Gasteiger partial charge < -0.3 is 5.32 Å². The number of pyridine rings is 1. The van der Waals surface area contributed by atoms with E-state index < -0.39 is 0 Å². The van der Waals surface area contributed by atoms with E-state index in [9.17, 15) is 4.79 Å². The minimum atomic E-state index is -0.0545. The Labute approximate surface area is 110 Å². The minimum Gasteiger partial charge on any atom is -0.350 e. The summed E-state index contributed by atoms with van der Waals surface area (Å²) >= 11 is 3.62. The van der Waals surface area contributed by atoms with Crippen LogP contribution in [0.3, 0.4) is 0 Å². The van der Waals surface area contributed by atoms with E-state index in [1.165, 1.54) is 12.8 Å². The van der Waals surface area contributed by atoms with Crippen LogP contribution in [0.4, 0.5) is 0 Å². The minimum absolute atomic E-state index is 0.0545. The average molecular weight is 297 g/mol. The van der Waals surface area contributed by atoms with Crippen molar-refractivity contribution >= 4 is 21.8 Å². The molecule has 2 rings (SSSR count). The highest BCUT2D eigenvalue weighted by atomic mass is 79.9. The molecule has 0 aromatic carbocycles. The number of amides is 1. The van der Waals surface area contributed by atoms with Crippen LogP contribution in [0.5, 0.6) is 0 Å². The van der Waals surface area contributed by atoms with Crippen LogP contribution in [0.25, 0.3) is 0 Å². The number of hydrogen-bond acceptors (Lipinski definition) is 2. The van der Waals surface area contributed by atoms with Gasteiger partial charge in [0.2, 0.25) is 0 Å². The van der Waals surface area contributed by atoms with Crippen molar-refractivity contribution in [2.24, 2.45) is 5.92 Å². The highest BCUT2D eigenvalue weighted by molar-refractivity contribution is 9.09. The van der Waals surface area contributed by atoms with Gasteiger partial charge in [-0.1, -0.05) is 22.0 Å². The molecule has 1 fully saturated rings. The second-order valence-corrected chi connectivity index (χ2v) is 5.95. The molecule has 1 aliphatic carbocycles. The van der Waals surface area contributed by atoms with Crippen molar-refractivity contribution in [3.05, 3.63) is 29.6 Å². The maximum atomic E-state index is 11.9. The van der Waals surface area contributed by atoms with Crippen molar-refractivity contribution in [2.75, 3.05) is 6.54 Å². The van der Waals surface area contributed by atoms with Crippen LogP contribution in [0.2, 0.25) is 0 Å². The zero-order chi connectivity index (χ0) is 12.3. The Morgan fingerprint density at radius 2 is 2.41 bits per heavy atom. The Kier molecular flexibility index (Phi) is 4.15. The Morgan fingerprint density at radius 3 is 3.06 bits per heavy atom. The molecule has 2 unspecified atom stereocenters. The highest BCUT2D eigenvalue weighted by Crippen LogP contribution is 2.30. The van der Waals surface area contributed by atoms with Crippen LogP contribution in [0, 0.1) is 12.8 Å². The Hall–Kier alpha value is -0.900. The first-order valence-corrected chi connectivity index (χ1v) is 6.92. The molecule has 2 atom stereocenters. The topological polar surface area (TPSA) is 42.0 Å². The smallest absolute Gasteiger partial charge is 0.270 e.